The fourth-order valence-corrected chi connectivity index (χ4v) is 13.2. The van der Waals surface area contributed by atoms with Crippen LogP contribution in [0.3, 0.4) is 0 Å². The number of carbonyl (C=O) groups excluding carboxylic acids is 4. The normalized spacial score (nSPS) is 14.1. The van der Waals surface area contributed by atoms with Gasteiger partial charge in [-0.2, -0.15) is 0 Å². The van der Waals surface area contributed by atoms with Crippen molar-refractivity contribution < 1.29 is 80.2 Å². The standard InChI is InChI=1S/C76H148O17P2/c1-8-9-10-11-12-36-43-50-57-73(78)86-63-71(93-76(81)60-53-46-39-32-31-35-42-49-56-69(6)7)65-90-94(82,83)88-61-70(77)62-89-95(84,85)91-66-72(92-75(80)59-52-45-38-30-26-22-18-14-16-20-24-28-34-41-48-55-68(4)5)64-87-74(79)58-51-44-37-29-25-21-17-13-15-19-23-27-33-40-47-54-67(2)3/h67-72,77H,8-66H2,1-7H3,(H,82,83)(H,84,85)/t70-,71+,72+/m0/s1. The summed E-state index contributed by atoms with van der Waals surface area (Å²) in [5.41, 5.74) is 0. The molecule has 0 heterocycles. The Bertz CT molecular complexity index is 1850. The van der Waals surface area contributed by atoms with E-state index >= 15 is 0 Å². The molecule has 2 unspecified atom stereocenters. The van der Waals surface area contributed by atoms with E-state index in [1.165, 1.54) is 193 Å². The predicted octanol–water partition coefficient (Wildman–Crippen LogP) is 22.2. The van der Waals surface area contributed by atoms with Gasteiger partial charge < -0.3 is 33.8 Å². The zero-order chi connectivity index (χ0) is 70.1. The first-order valence-corrected chi connectivity index (χ1v) is 42.3. The number of carbonyl (C=O) groups is 4. The van der Waals surface area contributed by atoms with Gasteiger partial charge in [-0.25, -0.2) is 9.13 Å². The molecule has 0 rings (SSSR count). The van der Waals surface area contributed by atoms with Gasteiger partial charge in [0.15, 0.2) is 12.2 Å². The Morgan fingerprint density at radius 1 is 0.284 bits per heavy atom. The van der Waals surface area contributed by atoms with Gasteiger partial charge in [0.25, 0.3) is 0 Å². The summed E-state index contributed by atoms with van der Waals surface area (Å²) in [5.74, 6) is 0.206. The summed E-state index contributed by atoms with van der Waals surface area (Å²) < 4.78 is 68.4. The zero-order valence-electron chi connectivity index (χ0n) is 62.1. The fourth-order valence-electron chi connectivity index (χ4n) is 11.6. The van der Waals surface area contributed by atoms with Crippen LogP contribution in [0.25, 0.3) is 0 Å². The molecule has 0 aliphatic heterocycles. The third kappa shape index (κ3) is 70.3. The number of hydrogen-bond donors (Lipinski definition) is 3. The van der Waals surface area contributed by atoms with Crippen molar-refractivity contribution >= 4 is 39.5 Å². The maximum absolute atomic E-state index is 13.1. The summed E-state index contributed by atoms with van der Waals surface area (Å²) in [7, 11) is -9.91. The minimum Gasteiger partial charge on any atom is -0.462 e. The molecule has 0 spiro atoms. The van der Waals surface area contributed by atoms with Gasteiger partial charge in [-0.1, -0.05) is 337 Å². The second-order valence-corrected chi connectivity index (χ2v) is 31.7. The molecule has 0 fully saturated rings. The van der Waals surface area contributed by atoms with E-state index in [4.69, 9.17) is 37.0 Å². The molecule has 0 amide bonds. The smallest absolute Gasteiger partial charge is 0.462 e. The summed E-state index contributed by atoms with van der Waals surface area (Å²) in [4.78, 5) is 72.7. The fraction of sp³-hybridized carbons (Fsp3) is 0.947. The summed E-state index contributed by atoms with van der Waals surface area (Å²) >= 11 is 0. The van der Waals surface area contributed by atoms with E-state index in [0.717, 1.165) is 114 Å². The van der Waals surface area contributed by atoms with Crippen molar-refractivity contribution in [1.29, 1.82) is 0 Å². The number of ether oxygens (including phenoxy) is 4. The van der Waals surface area contributed by atoms with Gasteiger partial charge in [0.05, 0.1) is 26.4 Å². The van der Waals surface area contributed by atoms with E-state index < -0.39 is 97.5 Å². The lowest BCUT2D eigenvalue weighted by atomic mass is 10.0. The SMILES string of the molecule is CCCCCCCCCCC(=O)OC[C@H](COP(=O)(O)OC[C@H](O)COP(=O)(O)OC[C@@H](COC(=O)CCCCCCCCCCCCCCCCCC(C)C)OC(=O)CCCCCCCCCCCCCCCCCC(C)C)OC(=O)CCCCCCCCCCC(C)C. The lowest BCUT2D eigenvalue weighted by Gasteiger charge is -2.21. The lowest BCUT2D eigenvalue weighted by Crippen LogP contribution is -2.30. The Labute approximate surface area is 581 Å². The summed E-state index contributed by atoms with van der Waals surface area (Å²) in [6, 6.07) is 0. The molecule has 95 heavy (non-hydrogen) atoms. The molecular formula is C76H148O17P2. The highest BCUT2D eigenvalue weighted by Gasteiger charge is 2.30. The highest BCUT2D eigenvalue weighted by atomic mass is 31.2. The Morgan fingerprint density at radius 2 is 0.484 bits per heavy atom. The first kappa shape index (κ1) is 93.1. The van der Waals surface area contributed by atoms with Crippen molar-refractivity contribution in [3.8, 4) is 0 Å². The van der Waals surface area contributed by atoms with Crippen molar-refractivity contribution in [1.82, 2.24) is 0 Å². The van der Waals surface area contributed by atoms with Crippen LogP contribution >= 0.6 is 15.6 Å². The summed E-state index contributed by atoms with van der Waals surface area (Å²) in [6.07, 6.45) is 52.9. The van der Waals surface area contributed by atoms with Crippen LogP contribution in [0, 0.1) is 17.8 Å². The number of phosphoric ester groups is 2. The van der Waals surface area contributed by atoms with Gasteiger partial charge in [0.2, 0.25) is 0 Å². The molecule has 3 N–H and O–H groups in total. The van der Waals surface area contributed by atoms with Crippen molar-refractivity contribution in [3.05, 3.63) is 0 Å². The Hall–Kier alpha value is -1.94. The molecule has 5 atom stereocenters. The van der Waals surface area contributed by atoms with Crippen LogP contribution in [-0.4, -0.2) is 96.7 Å². The maximum Gasteiger partial charge on any atom is 0.472 e. The molecule has 0 aliphatic rings. The van der Waals surface area contributed by atoms with E-state index in [9.17, 15) is 43.2 Å². The van der Waals surface area contributed by atoms with Gasteiger partial charge in [0.1, 0.15) is 19.3 Å². The Morgan fingerprint density at radius 3 is 0.716 bits per heavy atom. The molecule has 0 aliphatic carbocycles. The van der Waals surface area contributed by atoms with Crippen LogP contribution in [0.5, 0.6) is 0 Å². The average Bonchev–Trinajstić information content (AvgIpc) is 1.44. The van der Waals surface area contributed by atoms with E-state index in [1.807, 2.05) is 0 Å². The monoisotopic (exact) mass is 1400 g/mol. The van der Waals surface area contributed by atoms with Crippen molar-refractivity contribution in [3.63, 3.8) is 0 Å². The molecular weight excluding hydrogens is 1250 g/mol. The third-order valence-electron chi connectivity index (χ3n) is 17.6. The molecule has 0 aromatic carbocycles. The second-order valence-electron chi connectivity index (χ2n) is 28.8. The molecule has 0 radical (unpaired) electrons. The van der Waals surface area contributed by atoms with Crippen molar-refractivity contribution in [2.45, 2.75) is 407 Å². The van der Waals surface area contributed by atoms with Crippen LogP contribution < -0.4 is 0 Å². The van der Waals surface area contributed by atoms with Crippen LogP contribution in [-0.2, 0) is 65.4 Å². The highest BCUT2D eigenvalue weighted by Crippen LogP contribution is 2.45. The molecule has 0 bridgehead atoms. The quantitative estimate of drug-likeness (QED) is 0.0222. The molecule has 17 nitrogen and oxygen atoms in total. The van der Waals surface area contributed by atoms with Gasteiger partial charge >= 0.3 is 39.5 Å². The Balaban J connectivity index is 5.20. The summed E-state index contributed by atoms with van der Waals surface area (Å²) in [5, 5.41) is 10.6. The molecule has 0 saturated carbocycles. The number of phosphoric acid groups is 2. The zero-order valence-corrected chi connectivity index (χ0v) is 63.9. The molecule has 0 aromatic heterocycles. The van der Waals surface area contributed by atoms with E-state index in [1.54, 1.807) is 0 Å². The van der Waals surface area contributed by atoms with Crippen LogP contribution in [0.1, 0.15) is 389 Å². The highest BCUT2D eigenvalue weighted by molar-refractivity contribution is 7.47. The first-order valence-electron chi connectivity index (χ1n) is 39.3. The molecule has 564 valence electrons. The summed E-state index contributed by atoms with van der Waals surface area (Å²) in [6.45, 7) is 11.9. The minimum atomic E-state index is -4.96. The first-order chi connectivity index (χ1) is 45.7. The third-order valence-corrected chi connectivity index (χ3v) is 19.5. The number of esters is 4. The molecule has 19 heteroatoms. The number of hydrogen-bond acceptors (Lipinski definition) is 15. The van der Waals surface area contributed by atoms with Gasteiger partial charge in [-0.15, -0.1) is 0 Å². The topological polar surface area (TPSA) is 237 Å². The maximum atomic E-state index is 13.1. The second kappa shape index (κ2) is 66.6. The van der Waals surface area contributed by atoms with Gasteiger partial charge in [-0.05, 0) is 43.4 Å². The Kier molecular flexibility index (Phi) is 65.2. The number of unbranched alkanes of at least 4 members (excludes halogenated alkanes) is 42. The largest absolute Gasteiger partial charge is 0.472 e. The molecule has 0 saturated heterocycles. The van der Waals surface area contributed by atoms with E-state index in [0.29, 0.717) is 25.7 Å². The molecule has 0 aromatic rings. The minimum absolute atomic E-state index is 0.104. The van der Waals surface area contributed by atoms with Gasteiger partial charge in [-0.3, -0.25) is 37.3 Å². The van der Waals surface area contributed by atoms with E-state index in [2.05, 4.69) is 48.5 Å². The number of aliphatic hydroxyl groups excluding tert-OH is 1. The van der Waals surface area contributed by atoms with Crippen molar-refractivity contribution in [2.24, 2.45) is 17.8 Å². The number of rotatable bonds is 74. The van der Waals surface area contributed by atoms with Crippen molar-refractivity contribution in [2.75, 3.05) is 39.6 Å². The average molecular weight is 1400 g/mol. The van der Waals surface area contributed by atoms with E-state index in [-0.39, 0.29) is 25.7 Å². The lowest BCUT2D eigenvalue weighted by molar-refractivity contribution is -0.161. The van der Waals surface area contributed by atoms with Crippen LogP contribution in [0.4, 0.5) is 0 Å². The predicted molar refractivity (Wildman–Crippen MR) is 386 cm³/mol. The van der Waals surface area contributed by atoms with Gasteiger partial charge in [0, 0.05) is 25.7 Å². The van der Waals surface area contributed by atoms with Crippen LogP contribution in [0.2, 0.25) is 0 Å². The van der Waals surface area contributed by atoms with Crippen LogP contribution in [0.15, 0.2) is 0 Å². The number of aliphatic hydroxyl groups is 1.